The van der Waals surface area contributed by atoms with Crippen molar-refractivity contribution in [3.8, 4) is 6.07 Å². The van der Waals surface area contributed by atoms with Crippen LogP contribution in [0.15, 0.2) is 12.3 Å². The minimum Gasteiger partial charge on any atom is -0.449 e. The van der Waals surface area contributed by atoms with Gasteiger partial charge < -0.3 is 10.1 Å². The fourth-order valence-electron chi connectivity index (χ4n) is 2.57. The lowest BCUT2D eigenvalue weighted by Crippen LogP contribution is -2.52. The Morgan fingerprint density at radius 2 is 2.04 bits per heavy atom. The van der Waals surface area contributed by atoms with E-state index in [-0.39, 0.29) is 15.7 Å². The molecule has 0 unspecified atom stereocenters. The number of amides is 1. The Morgan fingerprint density at radius 1 is 1.38 bits per heavy atom. The van der Waals surface area contributed by atoms with E-state index in [4.69, 9.17) is 27.9 Å². The molecule has 1 amide bonds. The molecule has 1 heterocycles. The number of pyridine rings is 1. The summed E-state index contributed by atoms with van der Waals surface area (Å²) < 4.78 is 5.12. The molecule has 0 bridgehead atoms. The lowest BCUT2D eigenvalue weighted by Gasteiger charge is -2.32. The van der Waals surface area contributed by atoms with E-state index in [1.807, 2.05) is 0 Å². The Labute approximate surface area is 150 Å². The van der Waals surface area contributed by atoms with Crippen molar-refractivity contribution in [2.45, 2.75) is 50.7 Å². The van der Waals surface area contributed by atoms with Gasteiger partial charge in [-0.25, -0.2) is 9.78 Å². The highest BCUT2D eigenvalue weighted by molar-refractivity contribution is 6.41. The first-order valence-electron chi connectivity index (χ1n) is 7.62. The van der Waals surface area contributed by atoms with Gasteiger partial charge in [-0.15, -0.1) is 0 Å². The number of rotatable bonds is 4. The molecule has 0 aromatic carbocycles. The molecule has 0 saturated heterocycles. The lowest BCUT2D eigenvalue weighted by atomic mass is 9.83. The van der Waals surface area contributed by atoms with E-state index in [1.54, 1.807) is 0 Å². The van der Waals surface area contributed by atoms with Crippen LogP contribution in [0.2, 0.25) is 10.2 Å². The van der Waals surface area contributed by atoms with Crippen molar-refractivity contribution in [3.05, 3.63) is 28.0 Å². The molecule has 1 saturated carbocycles. The van der Waals surface area contributed by atoms with Crippen molar-refractivity contribution < 1.29 is 14.3 Å². The van der Waals surface area contributed by atoms with Gasteiger partial charge in [-0.05, 0) is 25.8 Å². The molecule has 1 aromatic rings. The van der Waals surface area contributed by atoms with Crippen LogP contribution >= 0.6 is 23.2 Å². The number of esters is 1. The lowest BCUT2D eigenvalue weighted by molar-refractivity contribution is -0.130. The van der Waals surface area contributed by atoms with Crippen molar-refractivity contribution in [1.82, 2.24) is 10.3 Å². The number of ether oxygens (including phenoxy) is 1. The summed E-state index contributed by atoms with van der Waals surface area (Å²) in [6, 6.07) is 3.51. The molecule has 24 heavy (non-hydrogen) atoms. The normalized spacial score (nSPS) is 17.4. The van der Waals surface area contributed by atoms with Crippen LogP contribution in [0.3, 0.4) is 0 Å². The molecule has 1 fully saturated rings. The summed E-state index contributed by atoms with van der Waals surface area (Å²) in [4.78, 5) is 28.1. The summed E-state index contributed by atoms with van der Waals surface area (Å²) in [6.45, 7) is 1.45. The Balaban J connectivity index is 1.99. The zero-order valence-corrected chi connectivity index (χ0v) is 14.7. The Morgan fingerprint density at radius 3 is 2.62 bits per heavy atom. The van der Waals surface area contributed by atoms with Gasteiger partial charge in [-0.2, -0.15) is 5.26 Å². The SMILES string of the molecule is C[C@H](OC(=O)c1cnc(Cl)c(Cl)c1)C(=O)NC1(C#N)CCCCC1. The van der Waals surface area contributed by atoms with Crippen LogP contribution in [0, 0.1) is 11.3 Å². The summed E-state index contributed by atoms with van der Waals surface area (Å²) in [5.74, 6) is -1.24. The van der Waals surface area contributed by atoms with Crippen LogP contribution in [-0.4, -0.2) is 28.5 Å². The first-order valence-corrected chi connectivity index (χ1v) is 8.38. The Hall–Kier alpha value is -1.84. The van der Waals surface area contributed by atoms with E-state index in [9.17, 15) is 14.9 Å². The molecule has 1 aromatic heterocycles. The number of nitriles is 1. The molecular weight excluding hydrogens is 353 g/mol. The second-order valence-electron chi connectivity index (χ2n) is 5.79. The topological polar surface area (TPSA) is 92.1 Å². The molecule has 8 heteroatoms. The Kier molecular flexibility index (Phi) is 6.03. The molecule has 1 aliphatic rings. The summed E-state index contributed by atoms with van der Waals surface area (Å²) in [6.07, 6.45) is 4.21. The van der Waals surface area contributed by atoms with Crippen LogP contribution in [-0.2, 0) is 9.53 Å². The van der Waals surface area contributed by atoms with Gasteiger partial charge in [0.1, 0.15) is 10.7 Å². The molecule has 0 aliphatic heterocycles. The molecule has 1 N–H and O–H groups in total. The molecule has 128 valence electrons. The third-order valence-corrected chi connectivity index (χ3v) is 4.65. The van der Waals surface area contributed by atoms with Crippen molar-refractivity contribution in [2.24, 2.45) is 0 Å². The maximum absolute atomic E-state index is 12.3. The second kappa shape index (κ2) is 7.82. The van der Waals surface area contributed by atoms with Crippen LogP contribution < -0.4 is 5.32 Å². The van der Waals surface area contributed by atoms with Gasteiger partial charge in [-0.3, -0.25) is 4.79 Å². The average molecular weight is 370 g/mol. The van der Waals surface area contributed by atoms with E-state index >= 15 is 0 Å². The van der Waals surface area contributed by atoms with Gasteiger partial charge >= 0.3 is 5.97 Å². The van der Waals surface area contributed by atoms with Gasteiger partial charge in [0.2, 0.25) is 0 Å². The summed E-state index contributed by atoms with van der Waals surface area (Å²) in [5.41, 5.74) is -0.780. The highest BCUT2D eigenvalue weighted by Gasteiger charge is 2.35. The van der Waals surface area contributed by atoms with E-state index in [1.165, 1.54) is 19.2 Å². The molecule has 1 atom stereocenters. The maximum atomic E-state index is 12.3. The monoisotopic (exact) mass is 369 g/mol. The second-order valence-corrected chi connectivity index (χ2v) is 6.55. The van der Waals surface area contributed by atoms with Gasteiger partial charge in [0.15, 0.2) is 6.10 Å². The number of aromatic nitrogens is 1. The number of hydrogen-bond acceptors (Lipinski definition) is 5. The Bertz CT molecular complexity index is 682. The smallest absolute Gasteiger partial charge is 0.340 e. The predicted molar refractivity (Wildman–Crippen MR) is 88.7 cm³/mol. The number of halogens is 2. The molecular formula is C16H17Cl2N3O3. The van der Waals surface area contributed by atoms with Crippen molar-refractivity contribution >= 4 is 35.1 Å². The molecule has 6 nitrogen and oxygen atoms in total. The fourth-order valence-corrected chi connectivity index (χ4v) is 2.84. The minimum atomic E-state index is -1.04. The summed E-state index contributed by atoms with van der Waals surface area (Å²) in [5, 5.41) is 12.3. The van der Waals surface area contributed by atoms with Gasteiger partial charge in [0.05, 0.1) is 16.7 Å². The zero-order valence-electron chi connectivity index (χ0n) is 13.1. The van der Waals surface area contributed by atoms with Crippen molar-refractivity contribution in [3.63, 3.8) is 0 Å². The van der Waals surface area contributed by atoms with Gasteiger partial charge in [0, 0.05) is 6.20 Å². The van der Waals surface area contributed by atoms with Crippen LogP contribution in [0.1, 0.15) is 49.4 Å². The van der Waals surface area contributed by atoms with E-state index in [0.29, 0.717) is 12.8 Å². The van der Waals surface area contributed by atoms with Crippen molar-refractivity contribution in [1.29, 1.82) is 5.26 Å². The first-order chi connectivity index (χ1) is 11.4. The predicted octanol–water partition coefficient (Wildman–Crippen LogP) is 3.28. The van der Waals surface area contributed by atoms with E-state index in [0.717, 1.165) is 19.3 Å². The highest BCUT2D eigenvalue weighted by atomic mass is 35.5. The van der Waals surface area contributed by atoms with Crippen LogP contribution in [0.25, 0.3) is 0 Å². The standard InChI is InChI=1S/C16H17Cl2N3O3/c1-10(14(22)21-16(9-19)5-3-2-4-6-16)24-15(23)11-7-12(17)13(18)20-8-11/h7-8,10H,2-6H2,1H3,(H,21,22)/t10-/m0/s1. The number of nitrogens with zero attached hydrogens (tertiary/aromatic N) is 2. The highest BCUT2D eigenvalue weighted by Crippen LogP contribution is 2.27. The van der Waals surface area contributed by atoms with Gasteiger partial charge in [0.25, 0.3) is 5.91 Å². The third kappa shape index (κ3) is 4.37. The summed E-state index contributed by atoms with van der Waals surface area (Å²) >= 11 is 11.5. The molecule has 2 rings (SSSR count). The molecule has 0 spiro atoms. The average Bonchev–Trinajstić information content (AvgIpc) is 2.58. The van der Waals surface area contributed by atoms with E-state index in [2.05, 4.69) is 16.4 Å². The van der Waals surface area contributed by atoms with E-state index < -0.39 is 23.5 Å². The summed E-state index contributed by atoms with van der Waals surface area (Å²) in [7, 11) is 0. The number of carbonyl (C=O) groups is 2. The molecule has 0 radical (unpaired) electrons. The maximum Gasteiger partial charge on any atom is 0.340 e. The number of nitrogens with one attached hydrogen (secondary N) is 1. The number of carbonyl (C=O) groups excluding carboxylic acids is 2. The van der Waals surface area contributed by atoms with Crippen LogP contribution in [0.5, 0.6) is 0 Å². The first kappa shape index (κ1) is 18.5. The largest absolute Gasteiger partial charge is 0.449 e. The van der Waals surface area contributed by atoms with Gasteiger partial charge in [-0.1, -0.05) is 42.5 Å². The van der Waals surface area contributed by atoms with Crippen LogP contribution in [0.4, 0.5) is 0 Å². The minimum absolute atomic E-state index is 0.0762. The zero-order chi connectivity index (χ0) is 17.7. The number of hydrogen-bond donors (Lipinski definition) is 1. The van der Waals surface area contributed by atoms with Crippen molar-refractivity contribution in [2.75, 3.05) is 0 Å². The fraction of sp³-hybridized carbons (Fsp3) is 0.500. The third-order valence-electron chi connectivity index (χ3n) is 3.97. The molecule has 1 aliphatic carbocycles. The quantitative estimate of drug-likeness (QED) is 0.649.